The van der Waals surface area contributed by atoms with Gasteiger partial charge in [0.2, 0.25) is 0 Å². The Morgan fingerprint density at radius 2 is 2.06 bits per heavy atom. The largest absolute Gasteiger partial charge is 0.406 e. The topological polar surface area (TPSA) is 40.5 Å². The zero-order chi connectivity index (χ0) is 13.9. The van der Waals surface area contributed by atoms with Gasteiger partial charge >= 0.3 is 6.18 Å². The van der Waals surface area contributed by atoms with Crippen molar-refractivity contribution in [2.75, 3.05) is 19.7 Å². The maximum absolute atomic E-state index is 12.3. The first-order chi connectivity index (χ1) is 8.24. The zero-order valence-corrected chi connectivity index (χ0v) is 12.8. The Balaban J connectivity index is 2.92. The first-order valence-electron chi connectivity index (χ1n) is 4.66. The second kappa shape index (κ2) is 6.36. The molecule has 0 spiro atoms. The first-order valence-corrected chi connectivity index (χ1v) is 7.06. The molecule has 0 aliphatic rings. The van der Waals surface area contributed by atoms with E-state index in [0.717, 1.165) is 0 Å². The van der Waals surface area contributed by atoms with Crippen molar-refractivity contribution in [3.63, 3.8) is 0 Å². The molecule has 18 heavy (non-hydrogen) atoms. The molecule has 1 heterocycles. The molecule has 1 aromatic rings. The van der Waals surface area contributed by atoms with E-state index in [1.54, 1.807) is 0 Å². The van der Waals surface area contributed by atoms with Gasteiger partial charge in [0.05, 0.1) is 19.7 Å². The number of aliphatic hydroxyl groups excluding tert-OH is 1. The summed E-state index contributed by atoms with van der Waals surface area (Å²) in [5, 5.41) is 8.72. The fourth-order valence-electron chi connectivity index (χ4n) is 1.25. The number of hydrogen-bond acceptors (Lipinski definition) is 3. The SMILES string of the molecule is O=C(c1cc(Br)sc1Br)N(CCO)CC(F)(F)F. The molecule has 0 bridgehead atoms. The second-order valence-corrected chi connectivity index (χ2v) is 7.05. The maximum Gasteiger partial charge on any atom is 0.406 e. The van der Waals surface area contributed by atoms with E-state index in [4.69, 9.17) is 5.11 Å². The van der Waals surface area contributed by atoms with Crippen LogP contribution in [0.5, 0.6) is 0 Å². The smallest absolute Gasteiger partial charge is 0.395 e. The molecule has 0 aromatic carbocycles. The highest BCUT2D eigenvalue weighted by Crippen LogP contribution is 2.33. The lowest BCUT2D eigenvalue weighted by Crippen LogP contribution is -2.40. The van der Waals surface area contributed by atoms with Gasteiger partial charge in [0.15, 0.2) is 0 Å². The molecular formula is C9H8Br2F3NO2S. The Labute approximate surface area is 122 Å². The van der Waals surface area contributed by atoms with Crippen LogP contribution in [-0.4, -0.2) is 41.8 Å². The van der Waals surface area contributed by atoms with E-state index in [2.05, 4.69) is 31.9 Å². The van der Waals surface area contributed by atoms with Crippen LogP contribution >= 0.6 is 43.2 Å². The van der Waals surface area contributed by atoms with E-state index in [1.807, 2.05) is 0 Å². The molecule has 0 unspecified atom stereocenters. The van der Waals surface area contributed by atoms with Gasteiger partial charge in [0.25, 0.3) is 5.91 Å². The number of amides is 1. The summed E-state index contributed by atoms with van der Waals surface area (Å²) in [4.78, 5) is 12.5. The van der Waals surface area contributed by atoms with Crippen LogP contribution < -0.4 is 0 Å². The molecule has 3 nitrogen and oxygen atoms in total. The van der Waals surface area contributed by atoms with E-state index in [9.17, 15) is 18.0 Å². The van der Waals surface area contributed by atoms with Gasteiger partial charge in [0, 0.05) is 6.54 Å². The Hall–Kier alpha value is -0.120. The number of rotatable bonds is 4. The molecule has 1 amide bonds. The third-order valence-corrected chi connectivity index (χ3v) is 4.25. The summed E-state index contributed by atoms with van der Waals surface area (Å²) >= 11 is 7.45. The molecule has 102 valence electrons. The molecule has 9 heteroatoms. The van der Waals surface area contributed by atoms with Gasteiger partial charge in [-0.3, -0.25) is 4.79 Å². The summed E-state index contributed by atoms with van der Waals surface area (Å²) < 4.78 is 38.0. The van der Waals surface area contributed by atoms with E-state index < -0.39 is 25.2 Å². The van der Waals surface area contributed by atoms with Crippen LogP contribution in [-0.2, 0) is 0 Å². The summed E-state index contributed by atoms with van der Waals surface area (Å²) in [5.41, 5.74) is 0.143. The van der Waals surface area contributed by atoms with Gasteiger partial charge in [0.1, 0.15) is 6.54 Å². The van der Waals surface area contributed by atoms with Gasteiger partial charge in [-0.05, 0) is 37.9 Å². The lowest BCUT2D eigenvalue weighted by Gasteiger charge is -2.22. The minimum atomic E-state index is -4.50. The van der Waals surface area contributed by atoms with Crippen molar-refractivity contribution in [2.24, 2.45) is 0 Å². The molecule has 1 aromatic heterocycles. The fraction of sp³-hybridized carbons (Fsp3) is 0.444. The number of halogens is 5. The van der Waals surface area contributed by atoms with Crippen LogP contribution in [0.3, 0.4) is 0 Å². The molecule has 0 saturated heterocycles. The molecule has 0 aliphatic carbocycles. The highest BCUT2D eigenvalue weighted by Gasteiger charge is 2.33. The van der Waals surface area contributed by atoms with Gasteiger partial charge in [-0.2, -0.15) is 13.2 Å². The summed E-state index contributed by atoms with van der Waals surface area (Å²) in [5.74, 6) is -0.768. The summed E-state index contributed by atoms with van der Waals surface area (Å²) in [6.45, 7) is -2.27. The lowest BCUT2D eigenvalue weighted by atomic mass is 10.3. The first kappa shape index (κ1) is 15.9. The van der Waals surface area contributed by atoms with Gasteiger partial charge in [-0.1, -0.05) is 0 Å². The molecule has 0 atom stereocenters. The van der Waals surface area contributed by atoms with Crippen LogP contribution in [0.2, 0.25) is 0 Å². The monoisotopic (exact) mass is 409 g/mol. The van der Waals surface area contributed by atoms with Crippen molar-refractivity contribution < 1.29 is 23.1 Å². The van der Waals surface area contributed by atoms with E-state index in [1.165, 1.54) is 17.4 Å². The average molecular weight is 411 g/mol. The third-order valence-electron chi connectivity index (χ3n) is 1.91. The van der Waals surface area contributed by atoms with Crippen molar-refractivity contribution in [3.8, 4) is 0 Å². The lowest BCUT2D eigenvalue weighted by molar-refractivity contribution is -0.141. The second-order valence-electron chi connectivity index (χ2n) is 3.30. The molecule has 0 aliphatic heterocycles. The maximum atomic E-state index is 12.3. The van der Waals surface area contributed by atoms with E-state index in [-0.39, 0.29) is 12.1 Å². The number of nitrogens with zero attached hydrogens (tertiary/aromatic N) is 1. The average Bonchev–Trinajstić information content (AvgIpc) is 2.54. The van der Waals surface area contributed by atoms with E-state index >= 15 is 0 Å². The predicted molar refractivity (Wildman–Crippen MR) is 68.8 cm³/mol. The number of thiophene rings is 1. The number of carbonyl (C=O) groups excluding carboxylic acids is 1. The number of aliphatic hydroxyl groups is 1. The minimum absolute atomic E-state index is 0.143. The number of carbonyl (C=O) groups is 1. The summed E-state index contributed by atoms with van der Waals surface area (Å²) in [6.07, 6.45) is -4.50. The standard InChI is InChI=1S/C9H8Br2F3NO2S/c10-6-3-5(7(11)18-6)8(17)15(1-2-16)4-9(12,13)14/h3,16H,1-2,4H2. The Morgan fingerprint density at radius 3 is 2.44 bits per heavy atom. The fourth-order valence-corrected chi connectivity index (χ4v) is 4.02. The normalized spacial score (nSPS) is 11.7. The Bertz CT molecular complexity index is 436. The van der Waals surface area contributed by atoms with Gasteiger partial charge < -0.3 is 10.0 Å². The van der Waals surface area contributed by atoms with Crippen LogP contribution in [0.4, 0.5) is 13.2 Å². The minimum Gasteiger partial charge on any atom is -0.395 e. The summed E-state index contributed by atoms with van der Waals surface area (Å²) in [7, 11) is 0. The quantitative estimate of drug-likeness (QED) is 0.827. The Kier molecular flexibility index (Phi) is 5.63. The highest BCUT2D eigenvalue weighted by atomic mass is 79.9. The summed E-state index contributed by atoms with van der Waals surface area (Å²) in [6, 6.07) is 1.44. The van der Waals surface area contributed by atoms with Crippen molar-refractivity contribution in [2.45, 2.75) is 6.18 Å². The molecule has 0 fully saturated rings. The molecular weight excluding hydrogens is 403 g/mol. The number of hydrogen-bond donors (Lipinski definition) is 1. The highest BCUT2D eigenvalue weighted by molar-refractivity contribution is 9.12. The van der Waals surface area contributed by atoms with Gasteiger partial charge in [-0.15, -0.1) is 11.3 Å². The third kappa shape index (κ3) is 4.52. The van der Waals surface area contributed by atoms with Crippen molar-refractivity contribution in [1.82, 2.24) is 4.90 Å². The van der Waals surface area contributed by atoms with Crippen LogP contribution in [0.25, 0.3) is 0 Å². The van der Waals surface area contributed by atoms with Crippen molar-refractivity contribution >= 4 is 49.1 Å². The Morgan fingerprint density at radius 1 is 1.44 bits per heavy atom. The van der Waals surface area contributed by atoms with Crippen molar-refractivity contribution in [1.29, 1.82) is 0 Å². The van der Waals surface area contributed by atoms with Crippen LogP contribution in [0, 0.1) is 0 Å². The van der Waals surface area contributed by atoms with Crippen molar-refractivity contribution in [3.05, 3.63) is 19.2 Å². The predicted octanol–water partition coefficient (Wildman–Crippen LogP) is 3.27. The molecule has 1 N–H and O–H groups in total. The molecule has 0 radical (unpaired) electrons. The van der Waals surface area contributed by atoms with Gasteiger partial charge in [-0.25, -0.2) is 0 Å². The van der Waals surface area contributed by atoms with Crippen LogP contribution in [0.15, 0.2) is 13.6 Å². The molecule has 0 saturated carbocycles. The van der Waals surface area contributed by atoms with E-state index in [0.29, 0.717) is 12.5 Å². The molecule has 1 rings (SSSR count). The number of alkyl halides is 3. The van der Waals surface area contributed by atoms with Crippen LogP contribution in [0.1, 0.15) is 10.4 Å². The zero-order valence-electron chi connectivity index (χ0n) is 8.80.